The molecule has 1 aliphatic heterocycles. The lowest BCUT2D eigenvalue weighted by Gasteiger charge is -2.20. The summed E-state index contributed by atoms with van der Waals surface area (Å²) < 4.78 is 18.8. The van der Waals surface area contributed by atoms with E-state index in [0.717, 1.165) is 12.8 Å². The quantitative estimate of drug-likeness (QED) is 0.894. The molecule has 0 amide bonds. The van der Waals surface area contributed by atoms with E-state index in [1.807, 2.05) is 6.07 Å². The van der Waals surface area contributed by atoms with Crippen LogP contribution >= 0.6 is 0 Å². The molecular weight excluding hydrogens is 231 g/mol. The second-order valence-electron chi connectivity index (χ2n) is 5.22. The van der Waals surface area contributed by atoms with Crippen molar-refractivity contribution in [3.05, 3.63) is 29.6 Å². The van der Waals surface area contributed by atoms with Gasteiger partial charge in [0.1, 0.15) is 11.9 Å². The van der Waals surface area contributed by atoms with Crippen LogP contribution in [0, 0.1) is 17.1 Å². The van der Waals surface area contributed by atoms with Gasteiger partial charge in [-0.2, -0.15) is 5.26 Å². The summed E-state index contributed by atoms with van der Waals surface area (Å²) in [5.74, 6) is -0.393. The van der Waals surface area contributed by atoms with Crippen LogP contribution in [0.15, 0.2) is 18.2 Å². The molecule has 1 aromatic rings. The van der Waals surface area contributed by atoms with Gasteiger partial charge in [-0.1, -0.05) is 0 Å². The van der Waals surface area contributed by atoms with Gasteiger partial charge in [-0.25, -0.2) is 4.39 Å². The largest absolute Gasteiger partial charge is 0.381 e. The Balaban J connectivity index is 1.97. The van der Waals surface area contributed by atoms with Crippen LogP contribution in [0.3, 0.4) is 0 Å². The van der Waals surface area contributed by atoms with Crippen LogP contribution in [-0.2, 0) is 4.74 Å². The molecular formula is C14H17FN2O. The van der Waals surface area contributed by atoms with Crippen molar-refractivity contribution in [2.24, 2.45) is 0 Å². The van der Waals surface area contributed by atoms with E-state index in [9.17, 15) is 4.39 Å². The van der Waals surface area contributed by atoms with Crippen LogP contribution < -0.4 is 5.32 Å². The van der Waals surface area contributed by atoms with Crippen molar-refractivity contribution < 1.29 is 9.13 Å². The summed E-state index contributed by atoms with van der Waals surface area (Å²) in [6, 6.07) is 6.16. The molecule has 2 rings (SSSR count). The molecule has 96 valence electrons. The molecule has 1 heterocycles. The number of hydrogen-bond acceptors (Lipinski definition) is 3. The first kappa shape index (κ1) is 12.8. The predicted molar refractivity (Wildman–Crippen MR) is 67.8 cm³/mol. The SMILES string of the molecule is CC1(C)CCC(CNc2ccc(F)cc2C#N)O1. The zero-order chi connectivity index (χ0) is 13.2. The first-order valence-corrected chi connectivity index (χ1v) is 6.11. The Morgan fingerprint density at radius 1 is 1.56 bits per heavy atom. The maximum Gasteiger partial charge on any atom is 0.124 e. The third kappa shape index (κ3) is 2.99. The van der Waals surface area contributed by atoms with Crippen molar-refractivity contribution in [2.45, 2.75) is 38.4 Å². The van der Waals surface area contributed by atoms with Gasteiger partial charge in [0.25, 0.3) is 0 Å². The third-order valence-corrected chi connectivity index (χ3v) is 3.18. The van der Waals surface area contributed by atoms with Gasteiger partial charge < -0.3 is 10.1 Å². The number of ether oxygens (including phenoxy) is 1. The van der Waals surface area contributed by atoms with Crippen LogP contribution in [0.25, 0.3) is 0 Å². The van der Waals surface area contributed by atoms with E-state index in [-0.39, 0.29) is 11.7 Å². The van der Waals surface area contributed by atoms with Crippen LogP contribution in [0.4, 0.5) is 10.1 Å². The number of hydrogen-bond donors (Lipinski definition) is 1. The molecule has 1 saturated heterocycles. The van der Waals surface area contributed by atoms with Crippen molar-refractivity contribution >= 4 is 5.69 Å². The summed E-state index contributed by atoms with van der Waals surface area (Å²) in [6.07, 6.45) is 2.19. The van der Waals surface area contributed by atoms with E-state index in [2.05, 4.69) is 19.2 Å². The summed E-state index contributed by atoms with van der Waals surface area (Å²) in [5, 5.41) is 12.1. The number of anilines is 1. The maximum atomic E-state index is 13.0. The number of nitriles is 1. The average Bonchev–Trinajstić information content (AvgIpc) is 2.67. The summed E-state index contributed by atoms with van der Waals surface area (Å²) in [4.78, 5) is 0. The van der Waals surface area contributed by atoms with Crippen molar-refractivity contribution in [1.29, 1.82) is 5.26 Å². The van der Waals surface area contributed by atoms with E-state index in [1.54, 1.807) is 6.07 Å². The molecule has 1 aromatic carbocycles. The van der Waals surface area contributed by atoms with Gasteiger partial charge in [-0.05, 0) is 44.9 Å². The average molecular weight is 248 g/mol. The molecule has 1 fully saturated rings. The van der Waals surface area contributed by atoms with E-state index in [0.29, 0.717) is 17.8 Å². The first-order valence-electron chi connectivity index (χ1n) is 6.11. The third-order valence-electron chi connectivity index (χ3n) is 3.18. The van der Waals surface area contributed by atoms with Gasteiger partial charge in [0.05, 0.1) is 23.0 Å². The summed E-state index contributed by atoms with van der Waals surface area (Å²) in [7, 11) is 0. The fourth-order valence-corrected chi connectivity index (χ4v) is 2.21. The fraction of sp³-hybridized carbons (Fsp3) is 0.500. The number of halogens is 1. The van der Waals surface area contributed by atoms with Gasteiger partial charge in [-0.15, -0.1) is 0 Å². The molecule has 0 aromatic heterocycles. The molecule has 0 bridgehead atoms. The van der Waals surface area contributed by atoms with Gasteiger partial charge >= 0.3 is 0 Å². The Hall–Kier alpha value is -1.60. The van der Waals surface area contributed by atoms with Crippen LogP contribution in [0.5, 0.6) is 0 Å². The summed E-state index contributed by atoms with van der Waals surface area (Å²) in [6.45, 7) is 4.79. The molecule has 18 heavy (non-hydrogen) atoms. The van der Waals surface area contributed by atoms with Crippen molar-refractivity contribution in [2.75, 3.05) is 11.9 Å². The summed E-state index contributed by atoms with van der Waals surface area (Å²) in [5.41, 5.74) is 0.923. The van der Waals surface area contributed by atoms with E-state index < -0.39 is 5.82 Å². The standard InChI is InChI=1S/C14H17FN2O/c1-14(2)6-5-12(18-14)9-17-13-4-3-11(15)7-10(13)8-16/h3-4,7,12,17H,5-6,9H2,1-2H3. The minimum atomic E-state index is -0.393. The van der Waals surface area contributed by atoms with Gasteiger partial charge in [0.15, 0.2) is 0 Å². The number of nitrogens with zero attached hydrogens (tertiary/aromatic N) is 1. The van der Waals surface area contributed by atoms with Gasteiger partial charge in [0.2, 0.25) is 0 Å². The monoisotopic (exact) mass is 248 g/mol. The Bertz CT molecular complexity index is 479. The van der Waals surface area contributed by atoms with Crippen LogP contribution in [-0.4, -0.2) is 18.2 Å². The summed E-state index contributed by atoms with van der Waals surface area (Å²) >= 11 is 0. The number of benzene rings is 1. The highest BCUT2D eigenvalue weighted by atomic mass is 19.1. The van der Waals surface area contributed by atoms with Crippen molar-refractivity contribution in [3.63, 3.8) is 0 Å². The minimum absolute atomic E-state index is 0.0623. The predicted octanol–water partition coefficient (Wildman–Crippen LogP) is 3.07. The maximum absolute atomic E-state index is 13.0. The highest BCUT2D eigenvalue weighted by Crippen LogP contribution is 2.29. The van der Waals surface area contributed by atoms with E-state index in [1.165, 1.54) is 12.1 Å². The zero-order valence-corrected chi connectivity index (χ0v) is 10.7. The number of rotatable bonds is 3. The van der Waals surface area contributed by atoms with Crippen LogP contribution in [0.2, 0.25) is 0 Å². The highest BCUT2D eigenvalue weighted by Gasteiger charge is 2.31. The molecule has 0 saturated carbocycles. The molecule has 3 nitrogen and oxygen atoms in total. The smallest absolute Gasteiger partial charge is 0.124 e. The molecule has 1 N–H and O–H groups in total. The molecule has 1 unspecified atom stereocenters. The van der Waals surface area contributed by atoms with Crippen molar-refractivity contribution in [1.82, 2.24) is 0 Å². The Morgan fingerprint density at radius 2 is 2.33 bits per heavy atom. The zero-order valence-electron chi connectivity index (χ0n) is 10.7. The highest BCUT2D eigenvalue weighted by molar-refractivity contribution is 5.57. The second-order valence-corrected chi connectivity index (χ2v) is 5.22. The van der Waals surface area contributed by atoms with Crippen molar-refractivity contribution in [3.8, 4) is 6.07 Å². The lowest BCUT2D eigenvalue weighted by molar-refractivity contribution is -0.00910. The van der Waals surface area contributed by atoms with Gasteiger partial charge in [0, 0.05) is 6.54 Å². The normalized spacial score (nSPS) is 21.6. The van der Waals surface area contributed by atoms with E-state index in [4.69, 9.17) is 10.00 Å². The molecule has 0 aliphatic carbocycles. The topological polar surface area (TPSA) is 45.0 Å². The minimum Gasteiger partial charge on any atom is -0.381 e. The Labute approximate surface area is 107 Å². The molecule has 1 aliphatic rings. The molecule has 0 spiro atoms. The fourth-order valence-electron chi connectivity index (χ4n) is 2.21. The Kier molecular flexibility index (Phi) is 3.53. The lowest BCUT2D eigenvalue weighted by Crippen LogP contribution is -2.25. The second kappa shape index (κ2) is 4.95. The van der Waals surface area contributed by atoms with Crippen LogP contribution in [0.1, 0.15) is 32.3 Å². The molecule has 1 atom stereocenters. The number of nitrogens with one attached hydrogen (secondary N) is 1. The Morgan fingerprint density at radius 3 is 2.94 bits per heavy atom. The first-order chi connectivity index (χ1) is 8.50. The lowest BCUT2D eigenvalue weighted by atomic mass is 10.1. The molecule has 4 heteroatoms. The molecule has 0 radical (unpaired) electrons. The van der Waals surface area contributed by atoms with Gasteiger partial charge in [-0.3, -0.25) is 0 Å². The van der Waals surface area contributed by atoms with E-state index >= 15 is 0 Å².